The van der Waals surface area contributed by atoms with E-state index in [1.807, 2.05) is 48.5 Å². The summed E-state index contributed by atoms with van der Waals surface area (Å²) in [7, 11) is 2.93. The number of Topliss-reactive ketones (excluding diaryl/α,β-unsaturated/α-hetero) is 1. The minimum absolute atomic E-state index is 0. The maximum Gasteiger partial charge on any atom is 0.343 e. The van der Waals surface area contributed by atoms with Crippen LogP contribution in [0.4, 0.5) is 32.0 Å². The number of nitrogens with zero attached hydrogens (tertiary/aromatic N) is 2. The minimum Gasteiger partial charge on any atom is -0.505 e. The monoisotopic (exact) mass is 903 g/mol. The molecule has 0 aliphatic carbocycles. The van der Waals surface area contributed by atoms with E-state index in [0.717, 1.165) is 28.4 Å². The Morgan fingerprint density at radius 2 is 1.31 bits per heavy atom. The number of esters is 2. The number of aromatic hydroxyl groups is 1. The third kappa shape index (κ3) is 9.73. The second-order valence-corrected chi connectivity index (χ2v) is 13.7. The van der Waals surface area contributed by atoms with Gasteiger partial charge in [0.05, 0.1) is 35.5 Å². The standard InChI is InChI=1S/C22H13F2NO4.C14H13F4NO3.C10H9NO.2CH4/c1-2-28-22(27)14-10-25-16-8-7-11-5-3-4-6-12(11)20(16)29-21-17(24)15(23)9-13(18(21)25)19(14)26;1-4-22-14(21)8(6-19(2)3)13(20)7-5-9(15)11(17)12(18)10(7)16;11-9-6-5-7-3-1-2-4-8(7)10(9)12;;/h3-10H,2H2,1H3;5-6H,4H2,1-3H3;1-6,12H,11H2;2*1H4/b;8-6-;;;. The quantitative estimate of drug-likeness (QED) is 0.0151. The number of pyridine rings is 1. The minimum atomic E-state index is -2.13. The summed E-state index contributed by atoms with van der Waals surface area (Å²) in [5, 5.41) is 12.7. The highest BCUT2D eigenvalue weighted by Gasteiger charge is 2.31. The fourth-order valence-electron chi connectivity index (χ4n) is 6.50. The van der Waals surface area contributed by atoms with E-state index in [1.54, 1.807) is 31.2 Å². The van der Waals surface area contributed by atoms with Crippen LogP contribution in [0.15, 0.2) is 108 Å². The molecule has 0 bridgehead atoms. The molecule has 0 saturated carbocycles. The molecule has 0 amide bonds. The summed E-state index contributed by atoms with van der Waals surface area (Å²) in [4.78, 5) is 50.3. The molecule has 0 fully saturated rings. The van der Waals surface area contributed by atoms with Crippen molar-refractivity contribution in [3.8, 4) is 22.9 Å². The Morgan fingerprint density at radius 3 is 1.94 bits per heavy atom. The SMILES string of the molecule is C.C.CCOC(=O)/C(=C\N(C)C)C(=O)c1cc(F)c(F)c(F)c1F.CCOC(=O)c1cn2c3c(c(F)c(F)cc3c1=O)Oc1c-2ccc2ccccc12.Nc1ccc2ccccc2c1O. The van der Waals surface area contributed by atoms with E-state index in [-0.39, 0.29) is 56.3 Å². The first-order chi connectivity index (χ1) is 30.0. The van der Waals surface area contributed by atoms with Crippen molar-refractivity contribution in [1.82, 2.24) is 9.47 Å². The second kappa shape index (κ2) is 20.6. The van der Waals surface area contributed by atoms with Crippen molar-refractivity contribution >= 4 is 55.9 Å². The number of nitrogen functional groups attached to an aromatic ring is 1. The Hall–Kier alpha value is -7.82. The van der Waals surface area contributed by atoms with Crippen LogP contribution in [0.3, 0.4) is 0 Å². The van der Waals surface area contributed by atoms with Crippen molar-refractivity contribution in [1.29, 1.82) is 0 Å². The first-order valence-corrected chi connectivity index (χ1v) is 18.8. The molecule has 6 aromatic carbocycles. The lowest BCUT2D eigenvalue weighted by Crippen LogP contribution is -2.22. The van der Waals surface area contributed by atoms with Gasteiger partial charge in [-0.1, -0.05) is 75.5 Å². The average Bonchev–Trinajstić information content (AvgIpc) is 3.27. The molecule has 0 spiro atoms. The van der Waals surface area contributed by atoms with E-state index >= 15 is 0 Å². The Bertz CT molecular complexity index is 3080. The van der Waals surface area contributed by atoms with Gasteiger partial charge >= 0.3 is 11.9 Å². The van der Waals surface area contributed by atoms with Crippen molar-refractivity contribution in [3.05, 3.63) is 159 Å². The number of carbonyl (C=O) groups excluding carboxylic acids is 3. The Balaban J connectivity index is 0.000000228. The summed E-state index contributed by atoms with van der Waals surface area (Å²) in [6, 6.07) is 23.1. The molecule has 0 atom stereocenters. The molecule has 17 heteroatoms. The number of ketones is 1. The van der Waals surface area contributed by atoms with E-state index in [0.29, 0.717) is 22.5 Å². The van der Waals surface area contributed by atoms with Crippen molar-refractivity contribution < 1.29 is 60.0 Å². The fourth-order valence-corrected chi connectivity index (χ4v) is 6.50. The van der Waals surface area contributed by atoms with Crippen LogP contribution >= 0.6 is 0 Å². The Labute approximate surface area is 368 Å². The zero-order valence-corrected chi connectivity index (χ0v) is 33.7. The summed E-state index contributed by atoms with van der Waals surface area (Å²) < 4.78 is 98.7. The molecular formula is C48H43F6N3O8. The zero-order chi connectivity index (χ0) is 45.9. The van der Waals surface area contributed by atoms with E-state index < -0.39 is 74.9 Å². The van der Waals surface area contributed by atoms with Gasteiger partial charge in [0.1, 0.15) is 22.4 Å². The number of halogens is 6. The van der Waals surface area contributed by atoms with Gasteiger partial charge in [-0.15, -0.1) is 0 Å². The highest BCUT2D eigenvalue weighted by molar-refractivity contribution is 6.24. The van der Waals surface area contributed by atoms with Gasteiger partial charge in [0, 0.05) is 37.3 Å². The van der Waals surface area contributed by atoms with Crippen LogP contribution in [-0.2, 0) is 14.3 Å². The molecule has 1 aromatic heterocycles. The number of ether oxygens (including phenoxy) is 3. The first-order valence-electron chi connectivity index (χ1n) is 18.8. The number of rotatable bonds is 7. The number of nitrogens with two attached hydrogens (primary N) is 1. The van der Waals surface area contributed by atoms with Gasteiger partial charge in [0.25, 0.3) is 0 Å². The number of anilines is 1. The summed E-state index contributed by atoms with van der Waals surface area (Å²) in [6.45, 7) is 3.10. The van der Waals surface area contributed by atoms with Gasteiger partial charge < -0.3 is 34.5 Å². The van der Waals surface area contributed by atoms with E-state index in [2.05, 4.69) is 4.74 Å². The number of hydrogen-bond acceptors (Lipinski definition) is 10. The van der Waals surface area contributed by atoms with Crippen LogP contribution in [0, 0.1) is 34.9 Å². The average molecular weight is 904 g/mol. The lowest BCUT2D eigenvalue weighted by molar-refractivity contribution is -0.138. The van der Waals surface area contributed by atoms with Crippen LogP contribution in [-0.4, -0.2) is 59.6 Å². The molecule has 0 unspecified atom stereocenters. The number of phenols is 1. The van der Waals surface area contributed by atoms with Crippen LogP contribution in [0.2, 0.25) is 0 Å². The molecule has 65 heavy (non-hydrogen) atoms. The highest BCUT2D eigenvalue weighted by atomic mass is 19.2. The molecule has 8 rings (SSSR count). The number of phenolic OH excluding ortho intramolecular Hbond substituents is 1. The van der Waals surface area contributed by atoms with Gasteiger partial charge in [0.2, 0.25) is 17.0 Å². The second-order valence-electron chi connectivity index (χ2n) is 13.7. The summed E-state index contributed by atoms with van der Waals surface area (Å²) in [6.07, 6.45) is 2.30. The van der Waals surface area contributed by atoms with Crippen molar-refractivity contribution in [2.45, 2.75) is 28.7 Å². The molecule has 1 aliphatic heterocycles. The summed E-state index contributed by atoms with van der Waals surface area (Å²) in [5.74, 6) is -13.4. The third-order valence-electron chi connectivity index (χ3n) is 9.36. The Morgan fingerprint density at radius 1 is 0.723 bits per heavy atom. The van der Waals surface area contributed by atoms with Gasteiger partial charge in [-0.05, 0) is 48.9 Å². The van der Waals surface area contributed by atoms with E-state index in [1.165, 1.54) is 36.7 Å². The maximum absolute atomic E-state index is 14.6. The van der Waals surface area contributed by atoms with Gasteiger partial charge in [0.15, 0.2) is 40.6 Å². The predicted octanol–water partition coefficient (Wildman–Crippen LogP) is 10.5. The number of carbonyl (C=O) groups is 3. The third-order valence-corrected chi connectivity index (χ3v) is 9.36. The highest BCUT2D eigenvalue weighted by Crippen LogP contribution is 2.45. The van der Waals surface area contributed by atoms with Crippen molar-refractivity contribution in [2.24, 2.45) is 0 Å². The molecule has 2 heterocycles. The molecule has 11 nitrogen and oxygen atoms in total. The maximum atomic E-state index is 14.6. The molecule has 0 saturated heterocycles. The van der Waals surface area contributed by atoms with Gasteiger partial charge in [-0.3, -0.25) is 9.59 Å². The molecule has 7 aromatic rings. The molecule has 0 radical (unpaired) electrons. The van der Waals surface area contributed by atoms with E-state index in [4.69, 9.17) is 15.2 Å². The van der Waals surface area contributed by atoms with Crippen LogP contribution in [0.1, 0.15) is 49.4 Å². The lowest BCUT2D eigenvalue weighted by Gasteiger charge is -2.25. The molecule has 1 aliphatic rings. The van der Waals surface area contributed by atoms with Gasteiger partial charge in [-0.2, -0.15) is 4.39 Å². The van der Waals surface area contributed by atoms with Crippen LogP contribution < -0.4 is 15.9 Å². The lowest BCUT2D eigenvalue weighted by atomic mass is 10.0. The molecular weight excluding hydrogens is 861 g/mol. The predicted molar refractivity (Wildman–Crippen MR) is 235 cm³/mol. The van der Waals surface area contributed by atoms with Gasteiger partial charge in [-0.25, -0.2) is 31.5 Å². The number of aromatic nitrogens is 1. The molecule has 340 valence electrons. The normalized spacial score (nSPS) is 11.1. The largest absolute Gasteiger partial charge is 0.505 e. The van der Waals surface area contributed by atoms with Crippen molar-refractivity contribution in [3.63, 3.8) is 0 Å². The fraction of sp³-hybridized carbons (Fsp3) is 0.167. The number of benzene rings is 6. The summed E-state index contributed by atoms with van der Waals surface area (Å²) >= 11 is 0. The zero-order valence-electron chi connectivity index (χ0n) is 33.7. The van der Waals surface area contributed by atoms with Crippen LogP contribution in [0.5, 0.6) is 17.2 Å². The summed E-state index contributed by atoms with van der Waals surface area (Å²) in [5.41, 5.74) is 3.76. The van der Waals surface area contributed by atoms with Crippen LogP contribution in [0.25, 0.3) is 38.1 Å². The van der Waals surface area contributed by atoms with Crippen molar-refractivity contribution in [2.75, 3.05) is 33.0 Å². The first kappa shape index (κ1) is 49.8. The Kier molecular flexibility index (Phi) is 15.8. The number of fused-ring (bicyclic) bond motifs is 5. The van der Waals surface area contributed by atoms with E-state index in [9.17, 15) is 50.6 Å². The smallest absolute Gasteiger partial charge is 0.343 e. The molecule has 3 N–H and O–H groups in total. The topological polar surface area (TPSA) is 150 Å². The number of hydrogen-bond donors (Lipinski definition) is 2.